The van der Waals surface area contributed by atoms with E-state index >= 15 is 0 Å². The first-order valence-electron chi connectivity index (χ1n) is 9.14. The van der Waals surface area contributed by atoms with E-state index in [1.54, 1.807) is 24.3 Å². The Morgan fingerprint density at radius 3 is 2.79 bits per heavy atom. The highest BCUT2D eigenvalue weighted by atomic mass is 35.5. The second kappa shape index (κ2) is 8.86. The van der Waals surface area contributed by atoms with Gasteiger partial charge in [0.05, 0.1) is 18.8 Å². The molecule has 1 fully saturated rings. The van der Waals surface area contributed by atoms with Crippen LogP contribution in [0, 0.1) is 12.8 Å². The molecule has 1 saturated carbocycles. The number of rotatable bonds is 5. The SMILES string of the molecule is Cc1cccc(OC[C@H]2C[C@@H](NC(=O)c3ccc4c(c3)OCO4)[C@H](O)[C@@H]2O)n1.Cl. The lowest BCUT2D eigenvalue weighted by molar-refractivity contribution is 0.00217. The minimum Gasteiger partial charge on any atom is -0.477 e. The number of aliphatic hydroxyl groups excluding tert-OH is 2. The molecule has 0 unspecified atom stereocenters. The molecule has 29 heavy (non-hydrogen) atoms. The highest BCUT2D eigenvalue weighted by molar-refractivity contribution is 5.95. The van der Waals surface area contributed by atoms with Crippen LogP contribution in [0.15, 0.2) is 36.4 Å². The molecule has 2 heterocycles. The number of carbonyl (C=O) groups is 1. The Morgan fingerprint density at radius 1 is 1.21 bits per heavy atom. The molecule has 1 aromatic carbocycles. The molecular formula is C20H23ClN2O6. The van der Waals surface area contributed by atoms with Crippen LogP contribution in [-0.2, 0) is 0 Å². The van der Waals surface area contributed by atoms with Crippen LogP contribution in [0.2, 0.25) is 0 Å². The number of amides is 1. The van der Waals surface area contributed by atoms with Crippen molar-refractivity contribution in [2.24, 2.45) is 5.92 Å². The monoisotopic (exact) mass is 422 g/mol. The molecule has 0 bridgehead atoms. The number of ether oxygens (including phenoxy) is 3. The van der Waals surface area contributed by atoms with Crippen molar-refractivity contribution < 1.29 is 29.2 Å². The summed E-state index contributed by atoms with van der Waals surface area (Å²) in [6.45, 7) is 2.19. The summed E-state index contributed by atoms with van der Waals surface area (Å²) in [5.74, 6) is 0.900. The maximum absolute atomic E-state index is 12.5. The van der Waals surface area contributed by atoms with E-state index in [1.165, 1.54) is 0 Å². The van der Waals surface area contributed by atoms with E-state index in [4.69, 9.17) is 14.2 Å². The van der Waals surface area contributed by atoms with Crippen LogP contribution in [0.3, 0.4) is 0 Å². The molecule has 2 aliphatic rings. The number of nitrogens with one attached hydrogen (secondary N) is 1. The topological polar surface area (TPSA) is 110 Å². The van der Waals surface area contributed by atoms with Crippen molar-refractivity contribution in [3.8, 4) is 17.4 Å². The number of carbonyl (C=O) groups excluding carboxylic acids is 1. The molecule has 2 aromatic rings. The van der Waals surface area contributed by atoms with Gasteiger partial charge in [0.1, 0.15) is 6.10 Å². The van der Waals surface area contributed by atoms with Crippen molar-refractivity contribution in [2.75, 3.05) is 13.4 Å². The number of hydrogen-bond donors (Lipinski definition) is 3. The van der Waals surface area contributed by atoms with Crippen molar-refractivity contribution in [1.29, 1.82) is 0 Å². The Bertz CT molecular complexity index is 880. The van der Waals surface area contributed by atoms with Crippen LogP contribution >= 0.6 is 12.4 Å². The van der Waals surface area contributed by atoms with Crippen LogP contribution in [0.1, 0.15) is 22.5 Å². The first-order valence-corrected chi connectivity index (χ1v) is 9.14. The third-order valence-corrected chi connectivity index (χ3v) is 5.06. The minimum absolute atomic E-state index is 0. The second-order valence-electron chi connectivity index (χ2n) is 7.05. The zero-order chi connectivity index (χ0) is 19.7. The fourth-order valence-electron chi connectivity index (χ4n) is 3.51. The summed E-state index contributed by atoms with van der Waals surface area (Å²) in [6.07, 6.45) is -1.67. The van der Waals surface area contributed by atoms with E-state index in [9.17, 15) is 15.0 Å². The maximum atomic E-state index is 12.5. The van der Waals surface area contributed by atoms with Crippen LogP contribution in [0.5, 0.6) is 17.4 Å². The van der Waals surface area contributed by atoms with E-state index in [0.717, 1.165) is 5.69 Å². The molecule has 1 amide bonds. The van der Waals surface area contributed by atoms with Gasteiger partial charge in [0.2, 0.25) is 12.7 Å². The van der Waals surface area contributed by atoms with Crippen molar-refractivity contribution in [3.63, 3.8) is 0 Å². The molecule has 9 heteroatoms. The highest BCUT2D eigenvalue weighted by Crippen LogP contribution is 2.33. The predicted molar refractivity (Wildman–Crippen MR) is 106 cm³/mol. The number of aryl methyl sites for hydroxylation is 1. The number of fused-ring (bicyclic) bond motifs is 1. The van der Waals surface area contributed by atoms with E-state index in [1.807, 2.05) is 19.1 Å². The van der Waals surface area contributed by atoms with Crippen LogP contribution < -0.4 is 19.5 Å². The average Bonchev–Trinajstić information content (AvgIpc) is 3.26. The summed E-state index contributed by atoms with van der Waals surface area (Å²) in [4.78, 5) is 16.8. The normalized spacial score (nSPS) is 24.7. The Balaban J connectivity index is 0.00000240. The minimum atomic E-state index is -1.07. The van der Waals surface area contributed by atoms with Gasteiger partial charge in [-0.1, -0.05) is 6.07 Å². The predicted octanol–water partition coefficient (Wildman–Crippen LogP) is 1.46. The number of halogens is 1. The first-order chi connectivity index (χ1) is 13.5. The van der Waals surface area contributed by atoms with Gasteiger partial charge in [-0.25, -0.2) is 4.98 Å². The number of benzene rings is 1. The van der Waals surface area contributed by atoms with Gasteiger partial charge in [0.25, 0.3) is 5.91 Å². The Kier molecular flexibility index (Phi) is 6.46. The number of nitrogens with zero attached hydrogens (tertiary/aromatic N) is 1. The number of aliphatic hydroxyl groups is 2. The molecular weight excluding hydrogens is 400 g/mol. The van der Waals surface area contributed by atoms with Gasteiger partial charge in [-0.2, -0.15) is 0 Å². The van der Waals surface area contributed by atoms with Gasteiger partial charge in [0.15, 0.2) is 11.5 Å². The maximum Gasteiger partial charge on any atom is 0.251 e. The third-order valence-electron chi connectivity index (χ3n) is 5.06. The van der Waals surface area contributed by atoms with E-state index < -0.39 is 18.2 Å². The third kappa shape index (κ3) is 4.55. The molecule has 8 nitrogen and oxygen atoms in total. The summed E-state index contributed by atoms with van der Waals surface area (Å²) < 4.78 is 16.2. The number of aromatic nitrogens is 1. The van der Waals surface area contributed by atoms with E-state index in [-0.39, 0.29) is 37.6 Å². The Labute approximate surface area is 174 Å². The Hall–Kier alpha value is -2.55. The molecule has 156 valence electrons. The highest BCUT2D eigenvalue weighted by Gasteiger charge is 2.42. The summed E-state index contributed by atoms with van der Waals surface area (Å²) in [6, 6.07) is 9.76. The molecule has 3 N–H and O–H groups in total. The number of hydrogen-bond acceptors (Lipinski definition) is 7. The van der Waals surface area contributed by atoms with Crippen LogP contribution in [0.25, 0.3) is 0 Å². The van der Waals surface area contributed by atoms with Gasteiger partial charge < -0.3 is 29.7 Å². The zero-order valence-electron chi connectivity index (χ0n) is 15.8. The molecule has 1 aliphatic heterocycles. The van der Waals surface area contributed by atoms with Gasteiger partial charge in [0, 0.05) is 23.2 Å². The van der Waals surface area contributed by atoms with Crippen LogP contribution in [-0.4, -0.2) is 52.8 Å². The molecule has 1 aromatic heterocycles. The zero-order valence-corrected chi connectivity index (χ0v) is 16.6. The van der Waals surface area contributed by atoms with Crippen molar-refractivity contribution >= 4 is 18.3 Å². The molecule has 0 saturated heterocycles. The summed E-state index contributed by atoms with van der Waals surface area (Å²) in [7, 11) is 0. The van der Waals surface area contributed by atoms with Crippen molar-refractivity contribution in [2.45, 2.75) is 31.6 Å². The van der Waals surface area contributed by atoms with Gasteiger partial charge in [-0.05, 0) is 37.6 Å². The molecule has 0 spiro atoms. The van der Waals surface area contributed by atoms with Gasteiger partial charge >= 0.3 is 0 Å². The lowest BCUT2D eigenvalue weighted by atomic mass is 10.1. The quantitative estimate of drug-likeness (QED) is 0.669. The number of pyridine rings is 1. The van der Waals surface area contributed by atoms with Crippen molar-refractivity contribution in [3.05, 3.63) is 47.7 Å². The summed E-state index contributed by atoms with van der Waals surface area (Å²) in [5, 5.41) is 23.5. The molecule has 0 radical (unpaired) electrons. The molecule has 4 atom stereocenters. The van der Waals surface area contributed by atoms with E-state index in [0.29, 0.717) is 29.4 Å². The standard InChI is InChI=1S/C20H22N2O6.ClH/c1-11-3-2-4-17(21-11)26-9-13-7-14(19(24)18(13)23)22-20(25)12-5-6-15-16(8-12)28-10-27-15;/h2-6,8,13-14,18-19,23-24H,7,9-10H2,1H3,(H,22,25);1H/t13-,14-,18-,19+;/m1./s1. The fourth-order valence-corrected chi connectivity index (χ4v) is 3.51. The van der Waals surface area contributed by atoms with Gasteiger partial charge in [-0.15, -0.1) is 12.4 Å². The smallest absolute Gasteiger partial charge is 0.251 e. The fraction of sp³-hybridized carbons (Fsp3) is 0.400. The molecule has 1 aliphatic carbocycles. The summed E-state index contributed by atoms with van der Waals surface area (Å²) >= 11 is 0. The van der Waals surface area contributed by atoms with Crippen LogP contribution in [0.4, 0.5) is 0 Å². The summed E-state index contributed by atoms with van der Waals surface area (Å²) in [5.41, 5.74) is 1.23. The van der Waals surface area contributed by atoms with Gasteiger partial charge in [-0.3, -0.25) is 4.79 Å². The Morgan fingerprint density at radius 2 is 2.00 bits per heavy atom. The lowest BCUT2D eigenvalue weighted by Gasteiger charge is -2.18. The second-order valence-corrected chi connectivity index (χ2v) is 7.05. The molecule has 4 rings (SSSR count). The van der Waals surface area contributed by atoms with Crippen molar-refractivity contribution in [1.82, 2.24) is 10.3 Å². The average molecular weight is 423 g/mol. The lowest BCUT2D eigenvalue weighted by Crippen LogP contribution is -2.43. The largest absolute Gasteiger partial charge is 0.477 e. The van der Waals surface area contributed by atoms with E-state index in [2.05, 4.69) is 10.3 Å². The first kappa shape index (κ1) is 21.2.